The summed E-state index contributed by atoms with van der Waals surface area (Å²) in [7, 11) is 0. The summed E-state index contributed by atoms with van der Waals surface area (Å²) in [5, 5.41) is 3.90. The largest absolute Gasteiger partial charge is 0.378 e. The van der Waals surface area contributed by atoms with Crippen molar-refractivity contribution in [3.8, 4) is 0 Å². The molecule has 0 bridgehead atoms. The van der Waals surface area contributed by atoms with Crippen LogP contribution in [-0.4, -0.2) is 32.2 Å². The molecule has 2 aromatic rings. The van der Waals surface area contributed by atoms with Crippen LogP contribution in [0.15, 0.2) is 48.5 Å². The maximum Gasteiger partial charge on any atom is 0.248 e. The quantitative estimate of drug-likeness (QED) is 0.799. The van der Waals surface area contributed by atoms with Crippen LogP contribution >= 0.6 is 23.2 Å². The van der Waals surface area contributed by atoms with Crippen molar-refractivity contribution < 1.29 is 9.53 Å². The minimum Gasteiger partial charge on any atom is -0.378 e. The molecule has 1 aliphatic rings. The van der Waals surface area contributed by atoms with Gasteiger partial charge in [-0.3, -0.25) is 4.79 Å². The molecule has 1 heterocycles. The van der Waals surface area contributed by atoms with Crippen LogP contribution in [0.4, 0.5) is 11.4 Å². The number of hydrogen-bond acceptors (Lipinski definition) is 3. The van der Waals surface area contributed by atoms with E-state index in [9.17, 15) is 4.79 Å². The number of hydrogen-bond donors (Lipinski definition) is 1. The molecule has 4 nitrogen and oxygen atoms in total. The second-order valence-corrected chi connectivity index (χ2v) is 6.48. The van der Waals surface area contributed by atoms with Crippen molar-refractivity contribution in [3.05, 3.63) is 64.1 Å². The summed E-state index contributed by atoms with van der Waals surface area (Å²) >= 11 is 11.9. The summed E-state index contributed by atoms with van der Waals surface area (Å²) < 4.78 is 5.35. The van der Waals surface area contributed by atoms with Crippen LogP contribution < -0.4 is 10.2 Å². The minimum atomic E-state index is -0.217. The Morgan fingerprint density at radius 2 is 1.80 bits per heavy atom. The summed E-state index contributed by atoms with van der Waals surface area (Å²) in [6, 6.07) is 12.9. The predicted molar refractivity (Wildman–Crippen MR) is 104 cm³/mol. The van der Waals surface area contributed by atoms with Gasteiger partial charge in [0.1, 0.15) is 0 Å². The third-order valence-corrected chi connectivity index (χ3v) is 4.45. The number of carbonyl (C=O) groups excluding carboxylic acids is 1. The second kappa shape index (κ2) is 8.39. The Labute approximate surface area is 157 Å². The Morgan fingerprint density at radius 3 is 2.48 bits per heavy atom. The van der Waals surface area contributed by atoms with Gasteiger partial charge in [0.15, 0.2) is 0 Å². The average molecular weight is 377 g/mol. The van der Waals surface area contributed by atoms with Crippen LogP contribution in [-0.2, 0) is 9.53 Å². The van der Waals surface area contributed by atoms with E-state index in [4.69, 9.17) is 27.9 Å². The summed E-state index contributed by atoms with van der Waals surface area (Å²) in [5.41, 5.74) is 2.61. The molecule has 0 atom stereocenters. The van der Waals surface area contributed by atoms with Gasteiger partial charge in [0.05, 0.1) is 13.2 Å². The van der Waals surface area contributed by atoms with E-state index in [1.165, 1.54) is 6.08 Å². The molecule has 1 fully saturated rings. The van der Waals surface area contributed by atoms with Gasteiger partial charge in [-0.1, -0.05) is 29.3 Å². The lowest BCUT2D eigenvalue weighted by Crippen LogP contribution is -2.36. The van der Waals surface area contributed by atoms with E-state index >= 15 is 0 Å². The predicted octanol–water partition coefficient (Wildman–Crippen LogP) is 4.48. The van der Waals surface area contributed by atoms with E-state index in [0.29, 0.717) is 10.0 Å². The molecule has 0 saturated carbocycles. The molecule has 0 spiro atoms. The fourth-order valence-electron chi connectivity index (χ4n) is 2.56. The van der Waals surface area contributed by atoms with Crippen LogP contribution in [0.1, 0.15) is 5.56 Å². The number of amides is 1. The van der Waals surface area contributed by atoms with Gasteiger partial charge in [0.25, 0.3) is 0 Å². The van der Waals surface area contributed by atoms with E-state index < -0.39 is 0 Å². The van der Waals surface area contributed by atoms with Crippen LogP contribution in [0.3, 0.4) is 0 Å². The number of halogens is 2. The average Bonchev–Trinajstić information content (AvgIpc) is 2.62. The van der Waals surface area contributed by atoms with Crippen molar-refractivity contribution in [3.63, 3.8) is 0 Å². The van der Waals surface area contributed by atoms with Crippen LogP contribution in [0.2, 0.25) is 10.0 Å². The van der Waals surface area contributed by atoms with E-state index in [0.717, 1.165) is 43.2 Å². The first-order valence-corrected chi connectivity index (χ1v) is 8.74. The molecule has 1 saturated heterocycles. The Balaban J connectivity index is 1.59. The van der Waals surface area contributed by atoms with Crippen molar-refractivity contribution in [2.75, 3.05) is 36.5 Å². The van der Waals surface area contributed by atoms with Gasteiger partial charge < -0.3 is 15.0 Å². The van der Waals surface area contributed by atoms with E-state index in [2.05, 4.69) is 10.2 Å². The first-order valence-electron chi connectivity index (χ1n) is 7.99. The number of carbonyl (C=O) groups is 1. The van der Waals surface area contributed by atoms with Crippen LogP contribution in [0, 0.1) is 0 Å². The van der Waals surface area contributed by atoms with Gasteiger partial charge in [-0.2, -0.15) is 0 Å². The monoisotopic (exact) mass is 376 g/mol. The first-order chi connectivity index (χ1) is 12.1. The highest BCUT2D eigenvalue weighted by Gasteiger charge is 2.10. The summed E-state index contributed by atoms with van der Waals surface area (Å²) in [4.78, 5) is 14.3. The van der Waals surface area contributed by atoms with E-state index in [1.807, 2.05) is 24.3 Å². The van der Waals surface area contributed by atoms with Gasteiger partial charge in [0.2, 0.25) is 5.91 Å². The maximum atomic E-state index is 12.1. The molecule has 3 rings (SSSR count). The first kappa shape index (κ1) is 17.8. The molecule has 0 unspecified atom stereocenters. The fraction of sp³-hybridized carbons (Fsp3) is 0.211. The normalized spacial score (nSPS) is 14.7. The van der Waals surface area contributed by atoms with Gasteiger partial charge in [-0.25, -0.2) is 0 Å². The molecule has 1 aliphatic heterocycles. The summed E-state index contributed by atoms with van der Waals surface area (Å²) in [6.07, 6.45) is 3.11. The van der Waals surface area contributed by atoms with Gasteiger partial charge in [0, 0.05) is 40.6 Å². The molecule has 6 heteroatoms. The maximum absolute atomic E-state index is 12.1. The number of nitrogens with zero attached hydrogens (tertiary/aromatic N) is 1. The topological polar surface area (TPSA) is 41.6 Å². The van der Waals surface area contributed by atoms with Crippen molar-refractivity contribution in [2.24, 2.45) is 0 Å². The Hall–Kier alpha value is -2.01. The molecule has 1 amide bonds. The van der Waals surface area contributed by atoms with E-state index in [-0.39, 0.29) is 5.91 Å². The number of ether oxygens (including phenoxy) is 1. The number of rotatable bonds is 4. The minimum absolute atomic E-state index is 0.217. The van der Waals surface area contributed by atoms with Crippen molar-refractivity contribution >= 4 is 46.6 Å². The lowest BCUT2D eigenvalue weighted by atomic mass is 10.2. The van der Waals surface area contributed by atoms with Gasteiger partial charge in [-0.15, -0.1) is 0 Å². The smallest absolute Gasteiger partial charge is 0.248 e. The molecular formula is C19H18Cl2N2O2. The fourth-order valence-corrected chi connectivity index (χ4v) is 3.03. The molecule has 0 aliphatic carbocycles. The Bertz CT molecular complexity index is 769. The SMILES string of the molecule is O=C(C=Cc1ccc(Cl)cc1Cl)Nc1ccc(N2CCOCC2)cc1. The third kappa shape index (κ3) is 4.98. The number of nitrogens with one attached hydrogen (secondary N) is 1. The van der Waals surface area contributed by atoms with Crippen molar-refractivity contribution in [1.82, 2.24) is 0 Å². The van der Waals surface area contributed by atoms with Crippen molar-refractivity contribution in [1.29, 1.82) is 0 Å². The highest BCUT2D eigenvalue weighted by atomic mass is 35.5. The molecular weight excluding hydrogens is 359 g/mol. The van der Waals surface area contributed by atoms with Crippen LogP contribution in [0.5, 0.6) is 0 Å². The van der Waals surface area contributed by atoms with Gasteiger partial charge in [-0.05, 0) is 48.0 Å². The Morgan fingerprint density at radius 1 is 1.08 bits per heavy atom. The zero-order valence-electron chi connectivity index (χ0n) is 13.5. The van der Waals surface area contributed by atoms with Gasteiger partial charge >= 0.3 is 0 Å². The number of anilines is 2. The summed E-state index contributed by atoms with van der Waals surface area (Å²) in [5.74, 6) is -0.217. The molecule has 1 N–H and O–H groups in total. The van der Waals surface area contributed by atoms with Crippen LogP contribution in [0.25, 0.3) is 6.08 Å². The molecule has 130 valence electrons. The third-order valence-electron chi connectivity index (χ3n) is 3.89. The Kier molecular flexibility index (Phi) is 5.97. The molecule has 0 aromatic heterocycles. The molecule has 2 aromatic carbocycles. The highest BCUT2D eigenvalue weighted by Crippen LogP contribution is 2.22. The second-order valence-electron chi connectivity index (χ2n) is 5.63. The standard InChI is InChI=1S/C19H18Cl2N2O2/c20-15-3-1-14(18(21)13-15)2-8-19(24)22-16-4-6-17(7-5-16)23-9-11-25-12-10-23/h1-8,13H,9-12H2,(H,22,24). The zero-order valence-corrected chi connectivity index (χ0v) is 15.1. The van der Waals surface area contributed by atoms with E-state index in [1.54, 1.807) is 24.3 Å². The summed E-state index contributed by atoms with van der Waals surface area (Å²) in [6.45, 7) is 3.26. The lowest BCUT2D eigenvalue weighted by molar-refractivity contribution is -0.111. The molecule has 25 heavy (non-hydrogen) atoms. The molecule has 0 radical (unpaired) electrons. The van der Waals surface area contributed by atoms with Crippen molar-refractivity contribution in [2.45, 2.75) is 0 Å². The number of morpholine rings is 1. The highest BCUT2D eigenvalue weighted by molar-refractivity contribution is 6.35. The number of benzene rings is 2. The lowest BCUT2D eigenvalue weighted by Gasteiger charge is -2.28. The zero-order chi connectivity index (χ0) is 17.6.